The summed E-state index contributed by atoms with van der Waals surface area (Å²) in [4.78, 5) is 11.0. The molecule has 74 valence electrons. The van der Waals surface area contributed by atoms with Gasteiger partial charge in [-0.25, -0.2) is 0 Å². The molecule has 0 fully saturated rings. The molecule has 2 rings (SSSR count). The first-order valence-electron chi connectivity index (χ1n) is 4.85. The Hall–Kier alpha value is -1.35. The molecule has 0 radical (unpaired) electrons. The summed E-state index contributed by atoms with van der Waals surface area (Å²) in [7, 11) is 0. The molecule has 14 heavy (non-hydrogen) atoms. The third-order valence-corrected chi connectivity index (χ3v) is 2.92. The zero-order valence-corrected chi connectivity index (χ0v) is 7.99. The first-order chi connectivity index (χ1) is 6.72. The monoisotopic (exact) mass is 190 g/mol. The lowest BCUT2D eigenvalue weighted by atomic mass is 9.99. The molecular formula is C11H14N2O. The molecule has 0 heterocycles. The topological polar surface area (TPSA) is 69.1 Å². The van der Waals surface area contributed by atoms with Gasteiger partial charge in [-0.1, -0.05) is 6.07 Å². The van der Waals surface area contributed by atoms with Gasteiger partial charge in [-0.05, 0) is 48.6 Å². The van der Waals surface area contributed by atoms with Crippen LogP contribution in [0.4, 0.5) is 0 Å². The lowest BCUT2D eigenvalue weighted by molar-refractivity contribution is 0.1000. The predicted octanol–water partition coefficient (Wildman–Crippen LogP) is 0.774. The minimum atomic E-state index is -0.365. The second-order valence-electron chi connectivity index (χ2n) is 3.75. The van der Waals surface area contributed by atoms with Crippen molar-refractivity contribution < 1.29 is 4.79 Å². The summed E-state index contributed by atoms with van der Waals surface area (Å²) < 4.78 is 0. The highest BCUT2D eigenvalue weighted by atomic mass is 16.1. The van der Waals surface area contributed by atoms with Gasteiger partial charge in [0.2, 0.25) is 5.91 Å². The predicted molar refractivity (Wildman–Crippen MR) is 55.1 cm³/mol. The van der Waals surface area contributed by atoms with E-state index in [2.05, 4.69) is 0 Å². The molecule has 0 aromatic heterocycles. The van der Waals surface area contributed by atoms with E-state index in [0.29, 0.717) is 18.0 Å². The van der Waals surface area contributed by atoms with Gasteiger partial charge in [-0.3, -0.25) is 4.79 Å². The van der Waals surface area contributed by atoms with Crippen LogP contribution in [-0.2, 0) is 6.42 Å². The number of carbonyl (C=O) groups is 1. The highest BCUT2D eigenvalue weighted by Gasteiger charge is 2.21. The summed E-state index contributed by atoms with van der Waals surface area (Å²) >= 11 is 0. The molecule has 1 aromatic carbocycles. The zero-order valence-electron chi connectivity index (χ0n) is 7.99. The Kier molecular flexibility index (Phi) is 2.25. The van der Waals surface area contributed by atoms with E-state index in [-0.39, 0.29) is 5.91 Å². The van der Waals surface area contributed by atoms with Crippen molar-refractivity contribution in [3.8, 4) is 0 Å². The molecule has 1 atom stereocenters. The van der Waals surface area contributed by atoms with Crippen LogP contribution in [0.25, 0.3) is 0 Å². The number of carbonyl (C=O) groups excluding carboxylic acids is 1. The fraction of sp³-hybridized carbons (Fsp3) is 0.364. The van der Waals surface area contributed by atoms with E-state index in [9.17, 15) is 4.79 Å². The van der Waals surface area contributed by atoms with Gasteiger partial charge in [-0.2, -0.15) is 0 Å². The number of nitrogens with two attached hydrogens (primary N) is 2. The highest BCUT2D eigenvalue weighted by Crippen LogP contribution is 2.32. The second kappa shape index (κ2) is 3.42. The molecule has 0 aliphatic heterocycles. The minimum Gasteiger partial charge on any atom is -0.366 e. The summed E-state index contributed by atoms with van der Waals surface area (Å²) in [6.45, 7) is 0.648. The van der Waals surface area contributed by atoms with Crippen LogP contribution in [0.3, 0.4) is 0 Å². The van der Waals surface area contributed by atoms with Crippen molar-refractivity contribution >= 4 is 5.91 Å². The smallest absolute Gasteiger partial charge is 0.248 e. The quantitative estimate of drug-likeness (QED) is 0.723. The van der Waals surface area contributed by atoms with Crippen molar-refractivity contribution in [2.24, 2.45) is 11.5 Å². The molecule has 1 aliphatic rings. The first-order valence-corrected chi connectivity index (χ1v) is 4.85. The van der Waals surface area contributed by atoms with Crippen LogP contribution >= 0.6 is 0 Å². The second-order valence-corrected chi connectivity index (χ2v) is 3.75. The summed E-state index contributed by atoms with van der Waals surface area (Å²) in [5.41, 5.74) is 14.0. The van der Waals surface area contributed by atoms with Crippen LogP contribution in [-0.4, -0.2) is 12.5 Å². The van der Waals surface area contributed by atoms with Crippen molar-refractivity contribution in [2.75, 3.05) is 6.54 Å². The summed E-state index contributed by atoms with van der Waals surface area (Å²) in [6, 6.07) is 5.67. The Morgan fingerprint density at radius 3 is 2.93 bits per heavy atom. The highest BCUT2D eigenvalue weighted by molar-refractivity contribution is 5.93. The lowest BCUT2D eigenvalue weighted by Gasteiger charge is -2.08. The zero-order chi connectivity index (χ0) is 10.1. The average Bonchev–Trinajstić information content (AvgIpc) is 2.59. The van der Waals surface area contributed by atoms with Crippen molar-refractivity contribution in [3.05, 3.63) is 34.9 Å². The molecule has 1 unspecified atom stereocenters. The molecule has 3 nitrogen and oxygen atoms in total. The minimum absolute atomic E-state index is 0.365. The number of amides is 1. The van der Waals surface area contributed by atoms with Crippen LogP contribution in [0.2, 0.25) is 0 Å². The van der Waals surface area contributed by atoms with Crippen molar-refractivity contribution in [3.63, 3.8) is 0 Å². The SMILES string of the molecule is NCC1CCc2ccc(C(N)=O)cc21. The van der Waals surface area contributed by atoms with Crippen molar-refractivity contribution in [2.45, 2.75) is 18.8 Å². The van der Waals surface area contributed by atoms with Gasteiger partial charge in [0.25, 0.3) is 0 Å². The van der Waals surface area contributed by atoms with Gasteiger partial charge >= 0.3 is 0 Å². The fourth-order valence-electron chi connectivity index (χ4n) is 2.09. The third kappa shape index (κ3) is 1.40. The molecular weight excluding hydrogens is 176 g/mol. The van der Waals surface area contributed by atoms with E-state index in [1.807, 2.05) is 12.1 Å². The van der Waals surface area contributed by atoms with Gasteiger partial charge in [0.1, 0.15) is 0 Å². The Bertz CT molecular complexity index is 374. The average molecular weight is 190 g/mol. The molecule has 0 saturated carbocycles. The molecule has 3 heteroatoms. The van der Waals surface area contributed by atoms with Gasteiger partial charge in [0.15, 0.2) is 0 Å². The Labute approximate surface area is 83.1 Å². The fourth-order valence-corrected chi connectivity index (χ4v) is 2.09. The van der Waals surface area contributed by atoms with Gasteiger partial charge in [0.05, 0.1) is 0 Å². The van der Waals surface area contributed by atoms with E-state index in [1.165, 1.54) is 11.1 Å². The maximum atomic E-state index is 11.0. The van der Waals surface area contributed by atoms with Gasteiger partial charge < -0.3 is 11.5 Å². The van der Waals surface area contributed by atoms with Crippen LogP contribution in [0.15, 0.2) is 18.2 Å². The number of hydrogen-bond acceptors (Lipinski definition) is 2. The summed E-state index contributed by atoms with van der Waals surface area (Å²) in [6.07, 6.45) is 2.16. The van der Waals surface area contributed by atoms with E-state index in [4.69, 9.17) is 11.5 Å². The molecule has 0 spiro atoms. The number of aryl methyl sites for hydroxylation is 1. The van der Waals surface area contributed by atoms with E-state index in [0.717, 1.165) is 12.8 Å². The van der Waals surface area contributed by atoms with Gasteiger partial charge in [0, 0.05) is 5.56 Å². The Balaban J connectivity index is 2.42. The standard InChI is InChI=1S/C11H14N2O/c12-6-9-4-2-7-1-3-8(11(13)14)5-10(7)9/h1,3,5,9H,2,4,6,12H2,(H2,13,14). The summed E-state index contributed by atoms with van der Waals surface area (Å²) in [5, 5.41) is 0. The van der Waals surface area contributed by atoms with E-state index < -0.39 is 0 Å². The van der Waals surface area contributed by atoms with Crippen molar-refractivity contribution in [1.82, 2.24) is 0 Å². The lowest BCUT2D eigenvalue weighted by Crippen LogP contribution is -2.13. The normalized spacial score (nSPS) is 19.4. The molecule has 4 N–H and O–H groups in total. The Morgan fingerprint density at radius 1 is 1.50 bits per heavy atom. The molecule has 1 aromatic rings. The maximum absolute atomic E-state index is 11.0. The number of hydrogen-bond donors (Lipinski definition) is 2. The summed E-state index contributed by atoms with van der Waals surface area (Å²) in [5.74, 6) is 0.0415. The van der Waals surface area contributed by atoms with Gasteiger partial charge in [-0.15, -0.1) is 0 Å². The first kappa shape index (κ1) is 9.21. The number of primary amides is 1. The third-order valence-electron chi connectivity index (χ3n) is 2.92. The number of fused-ring (bicyclic) bond motifs is 1. The van der Waals surface area contributed by atoms with Crippen LogP contribution < -0.4 is 11.5 Å². The largest absolute Gasteiger partial charge is 0.366 e. The van der Waals surface area contributed by atoms with Crippen LogP contribution in [0.1, 0.15) is 33.8 Å². The Morgan fingerprint density at radius 2 is 2.29 bits per heavy atom. The van der Waals surface area contributed by atoms with Crippen LogP contribution in [0, 0.1) is 0 Å². The molecule has 0 saturated heterocycles. The maximum Gasteiger partial charge on any atom is 0.248 e. The number of benzene rings is 1. The molecule has 1 amide bonds. The van der Waals surface area contributed by atoms with Crippen LogP contribution in [0.5, 0.6) is 0 Å². The number of rotatable bonds is 2. The van der Waals surface area contributed by atoms with Crippen molar-refractivity contribution in [1.29, 1.82) is 0 Å². The van der Waals surface area contributed by atoms with E-state index >= 15 is 0 Å². The molecule has 1 aliphatic carbocycles. The molecule has 0 bridgehead atoms. The van der Waals surface area contributed by atoms with E-state index in [1.54, 1.807) is 6.07 Å².